The van der Waals surface area contributed by atoms with E-state index >= 15 is 0 Å². The molecule has 2 aromatic heterocycles. The van der Waals surface area contributed by atoms with Gasteiger partial charge in [0.25, 0.3) is 0 Å². The van der Waals surface area contributed by atoms with Crippen molar-refractivity contribution in [3.63, 3.8) is 0 Å². The highest BCUT2D eigenvalue weighted by atomic mass is 16.3. The van der Waals surface area contributed by atoms with Gasteiger partial charge in [-0.3, -0.25) is 4.79 Å². The summed E-state index contributed by atoms with van der Waals surface area (Å²) in [5, 5.41) is 3.09. The van der Waals surface area contributed by atoms with E-state index in [1.54, 1.807) is 12.5 Å². The summed E-state index contributed by atoms with van der Waals surface area (Å²) in [7, 11) is 0. The van der Waals surface area contributed by atoms with E-state index in [1.807, 2.05) is 42.5 Å². The summed E-state index contributed by atoms with van der Waals surface area (Å²) in [6, 6.07) is 18.0. The van der Waals surface area contributed by atoms with Crippen molar-refractivity contribution >= 4 is 5.91 Å². The maximum atomic E-state index is 12.6. The van der Waals surface area contributed by atoms with E-state index in [0.717, 1.165) is 24.4 Å². The molecule has 1 amide bonds. The van der Waals surface area contributed by atoms with Gasteiger partial charge < -0.3 is 14.2 Å². The number of carbonyl (C=O) groups is 1. The third-order valence-corrected chi connectivity index (χ3v) is 5.19. The predicted octanol–water partition coefficient (Wildman–Crippen LogP) is 5.54. The molecule has 2 heterocycles. The van der Waals surface area contributed by atoms with Crippen LogP contribution in [0, 0.1) is 5.92 Å². The molecule has 0 spiro atoms. The SMILES string of the molecule is CC(C)[C@H](CCNC(=O)C[C@@H](Cc1ccccc1)c1ccco1)c1ccco1. The Kier molecular flexibility index (Phi) is 7.12. The maximum Gasteiger partial charge on any atom is 0.220 e. The lowest BCUT2D eigenvalue weighted by Gasteiger charge is -2.19. The van der Waals surface area contributed by atoms with Crippen molar-refractivity contribution in [2.24, 2.45) is 5.92 Å². The molecule has 0 saturated heterocycles. The summed E-state index contributed by atoms with van der Waals surface area (Å²) in [5.41, 5.74) is 1.20. The van der Waals surface area contributed by atoms with Gasteiger partial charge in [-0.15, -0.1) is 0 Å². The van der Waals surface area contributed by atoms with E-state index < -0.39 is 0 Å². The average Bonchev–Trinajstić information content (AvgIpc) is 3.39. The van der Waals surface area contributed by atoms with Gasteiger partial charge in [0.05, 0.1) is 12.5 Å². The second-order valence-corrected chi connectivity index (χ2v) is 7.61. The zero-order chi connectivity index (χ0) is 19.8. The molecule has 1 N–H and O–H groups in total. The fourth-order valence-corrected chi connectivity index (χ4v) is 3.66. The Hall–Kier alpha value is -2.75. The summed E-state index contributed by atoms with van der Waals surface area (Å²) < 4.78 is 11.2. The number of nitrogens with one attached hydrogen (secondary N) is 1. The molecule has 0 radical (unpaired) electrons. The largest absolute Gasteiger partial charge is 0.469 e. The quantitative estimate of drug-likeness (QED) is 0.503. The predicted molar refractivity (Wildman–Crippen MR) is 110 cm³/mol. The molecule has 0 aliphatic heterocycles. The Balaban J connectivity index is 1.55. The molecular formula is C24H29NO3. The fraction of sp³-hybridized carbons (Fsp3) is 0.375. The van der Waals surface area contributed by atoms with Crippen LogP contribution in [-0.4, -0.2) is 12.5 Å². The highest BCUT2D eigenvalue weighted by Gasteiger charge is 2.21. The van der Waals surface area contributed by atoms with Gasteiger partial charge in [0, 0.05) is 24.8 Å². The van der Waals surface area contributed by atoms with Crippen LogP contribution in [0.15, 0.2) is 76.0 Å². The van der Waals surface area contributed by atoms with Crippen molar-refractivity contribution < 1.29 is 13.6 Å². The third kappa shape index (κ3) is 5.62. The van der Waals surface area contributed by atoms with Crippen LogP contribution in [-0.2, 0) is 11.2 Å². The zero-order valence-electron chi connectivity index (χ0n) is 16.6. The Bertz CT molecular complexity index is 807. The molecule has 148 valence electrons. The molecule has 0 bridgehead atoms. The van der Waals surface area contributed by atoms with Gasteiger partial charge >= 0.3 is 0 Å². The number of rotatable bonds is 10. The molecule has 3 aromatic rings. The first kappa shape index (κ1) is 20.0. The fourth-order valence-electron chi connectivity index (χ4n) is 3.66. The van der Waals surface area contributed by atoms with E-state index in [-0.39, 0.29) is 11.8 Å². The van der Waals surface area contributed by atoms with Crippen molar-refractivity contribution in [3.8, 4) is 0 Å². The van der Waals surface area contributed by atoms with E-state index in [1.165, 1.54) is 5.56 Å². The van der Waals surface area contributed by atoms with Crippen LogP contribution in [0.4, 0.5) is 0 Å². The zero-order valence-corrected chi connectivity index (χ0v) is 16.6. The number of hydrogen-bond donors (Lipinski definition) is 1. The minimum absolute atomic E-state index is 0.0309. The van der Waals surface area contributed by atoms with Crippen LogP contribution in [0.2, 0.25) is 0 Å². The van der Waals surface area contributed by atoms with Crippen LogP contribution in [0.5, 0.6) is 0 Å². The first-order valence-corrected chi connectivity index (χ1v) is 10.0. The number of benzene rings is 1. The van der Waals surface area contributed by atoms with Crippen molar-refractivity contribution in [1.29, 1.82) is 0 Å². The molecule has 1 aromatic carbocycles. The molecule has 0 aliphatic rings. The molecule has 3 rings (SSSR count). The van der Waals surface area contributed by atoms with E-state index in [4.69, 9.17) is 8.83 Å². The van der Waals surface area contributed by atoms with Gasteiger partial charge in [0.15, 0.2) is 0 Å². The van der Waals surface area contributed by atoms with Crippen molar-refractivity contribution in [3.05, 3.63) is 84.2 Å². The highest BCUT2D eigenvalue weighted by Crippen LogP contribution is 2.28. The van der Waals surface area contributed by atoms with E-state index in [0.29, 0.717) is 24.8 Å². The Labute approximate surface area is 166 Å². The highest BCUT2D eigenvalue weighted by molar-refractivity contribution is 5.76. The third-order valence-electron chi connectivity index (χ3n) is 5.19. The second-order valence-electron chi connectivity index (χ2n) is 7.61. The topological polar surface area (TPSA) is 55.4 Å². The average molecular weight is 380 g/mol. The first-order valence-electron chi connectivity index (χ1n) is 10.0. The lowest BCUT2D eigenvalue weighted by atomic mass is 9.90. The molecule has 0 fully saturated rings. The number of amides is 1. The summed E-state index contributed by atoms with van der Waals surface area (Å²) in [6.45, 7) is 5.00. The van der Waals surface area contributed by atoms with Gasteiger partial charge in [-0.05, 0) is 48.6 Å². The summed E-state index contributed by atoms with van der Waals surface area (Å²) in [4.78, 5) is 12.6. The molecule has 0 saturated carbocycles. The van der Waals surface area contributed by atoms with Gasteiger partial charge in [-0.1, -0.05) is 44.2 Å². The van der Waals surface area contributed by atoms with Crippen molar-refractivity contribution in [1.82, 2.24) is 5.32 Å². The molecule has 2 atom stereocenters. The van der Waals surface area contributed by atoms with E-state index in [2.05, 4.69) is 31.3 Å². The summed E-state index contributed by atoms with van der Waals surface area (Å²) >= 11 is 0. The van der Waals surface area contributed by atoms with Crippen LogP contribution >= 0.6 is 0 Å². The van der Waals surface area contributed by atoms with Crippen LogP contribution in [0.3, 0.4) is 0 Å². The van der Waals surface area contributed by atoms with Crippen LogP contribution in [0.25, 0.3) is 0 Å². The number of hydrogen-bond acceptors (Lipinski definition) is 3. The Morgan fingerprint density at radius 1 is 0.929 bits per heavy atom. The van der Waals surface area contributed by atoms with Crippen molar-refractivity contribution in [2.75, 3.05) is 6.54 Å². The molecule has 0 aliphatic carbocycles. The van der Waals surface area contributed by atoms with Gasteiger partial charge in [-0.2, -0.15) is 0 Å². The Morgan fingerprint density at radius 3 is 2.21 bits per heavy atom. The van der Waals surface area contributed by atoms with Gasteiger partial charge in [0.1, 0.15) is 11.5 Å². The molecule has 28 heavy (non-hydrogen) atoms. The normalized spacial score (nSPS) is 13.4. The molecular weight excluding hydrogens is 350 g/mol. The van der Waals surface area contributed by atoms with Gasteiger partial charge in [-0.25, -0.2) is 0 Å². The summed E-state index contributed by atoms with van der Waals surface area (Å²) in [5.74, 6) is 2.69. The standard InChI is InChI=1S/C24H29NO3/c1-18(2)21(23-11-7-15-28-23)12-13-25-24(26)17-20(22-10-6-14-27-22)16-19-8-4-3-5-9-19/h3-11,14-15,18,20-21H,12-13,16-17H2,1-2H3,(H,25,26)/t20-,21+/m1/s1. The Morgan fingerprint density at radius 2 is 1.61 bits per heavy atom. The molecule has 4 heteroatoms. The lowest BCUT2D eigenvalue weighted by molar-refractivity contribution is -0.121. The smallest absolute Gasteiger partial charge is 0.220 e. The minimum Gasteiger partial charge on any atom is -0.469 e. The van der Waals surface area contributed by atoms with Crippen LogP contribution < -0.4 is 5.32 Å². The first-order chi connectivity index (χ1) is 13.6. The van der Waals surface area contributed by atoms with Crippen molar-refractivity contribution in [2.45, 2.75) is 44.9 Å². The second kappa shape index (κ2) is 9.98. The summed E-state index contributed by atoms with van der Waals surface area (Å²) in [6.07, 6.45) is 5.43. The van der Waals surface area contributed by atoms with Crippen LogP contribution in [0.1, 0.15) is 55.6 Å². The minimum atomic E-state index is 0.0309. The molecule has 4 nitrogen and oxygen atoms in total. The molecule has 0 unspecified atom stereocenters. The number of furan rings is 2. The number of carbonyl (C=O) groups excluding carboxylic acids is 1. The van der Waals surface area contributed by atoms with E-state index in [9.17, 15) is 4.79 Å². The lowest BCUT2D eigenvalue weighted by Crippen LogP contribution is -2.28. The van der Waals surface area contributed by atoms with Gasteiger partial charge in [0.2, 0.25) is 5.91 Å². The monoisotopic (exact) mass is 379 g/mol. The maximum absolute atomic E-state index is 12.6.